The molecule has 0 heterocycles. The van der Waals surface area contributed by atoms with Crippen LogP contribution >= 0.6 is 0 Å². The van der Waals surface area contributed by atoms with Gasteiger partial charge >= 0.3 is 0 Å². The van der Waals surface area contributed by atoms with Gasteiger partial charge in [0.2, 0.25) is 0 Å². The van der Waals surface area contributed by atoms with Crippen molar-refractivity contribution in [3.8, 4) is 0 Å². The van der Waals surface area contributed by atoms with E-state index in [4.69, 9.17) is 0 Å². The first-order chi connectivity index (χ1) is 15.8. The van der Waals surface area contributed by atoms with Crippen LogP contribution in [0, 0.1) is 10.4 Å². The van der Waals surface area contributed by atoms with Gasteiger partial charge in [-0.15, -0.1) is 0 Å². The first-order valence-electron chi connectivity index (χ1n) is 11.2. The molecule has 0 heteroatoms. The van der Waals surface area contributed by atoms with Gasteiger partial charge in [-0.05, 0) is 73.7 Å². The molecule has 0 bridgehead atoms. The topological polar surface area (TPSA) is 0 Å². The third-order valence-electron chi connectivity index (χ3n) is 6.44. The number of benzene rings is 4. The average Bonchev–Trinajstić information content (AvgIpc) is 3.44. The lowest BCUT2D eigenvalue weighted by atomic mass is 9.88. The van der Waals surface area contributed by atoms with E-state index in [0.717, 1.165) is 6.42 Å². The fourth-order valence-electron chi connectivity index (χ4n) is 4.99. The molecule has 0 unspecified atom stereocenters. The van der Waals surface area contributed by atoms with Crippen LogP contribution in [0.15, 0.2) is 115 Å². The van der Waals surface area contributed by atoms with Crippen molar-refractivity contribution in [1.82, 2.24) is 0 Å². The molecule has 6 rings (SSSR count). The Morgan fingerprint density at radius 2 is 1.34 bits per heavy atom. The molecule has 0 saturated heterocycles. The zero-order chi connectivity index (χ0) is 21.5. The van der Waals surface area contributed by atoms with Crippen molar-refractivity contribution in [2.24, 2.45) is 0 Å². The van der Waals surface area contributed by atoms with Crippen molar-refractivity contribution < 1.29 is 0 Å². The summed E-state index contributed by atoms with van der Waals surface area (Å²) in [6.07, 6.45) is 9.39. The van der Waals surface area contributed by atoms with Gasteiger partial charge in [-0.2, -0.15) is 0 Å². The average molecular weight is 408 g/mol. The van der Waals surface area contributed by atoms with Gasteiger partial charge in [0.15, 0.2) is 0 Å². The molecule has 0 spiro atoms. The van der Waals surface area contributed by atoms with Crippen molar-refractivity contribution in [3.05, 3.63) is 158 Å². The van der Waals surface area contributed by atoms with E-state index in [2.05, 4.69) is 122 Å². The zero-order valence-corrected chi connectivity index (χ0v) is 18.1. The maximum Gasteiger partial charge on any atom is -0.000731 e. The summed E-state index contributed by atoms with van der Waals surface area (Å²) in [5, 5.41) is 5.02. The summed E-state index contributed by atoms with van der Waals surface area (Å²) >= 11 is 0. The zero-order valence-electron chi connectivity index (χ0n) is 18.1. The van der Waals surface area contributed by atoms with E-state index in [-0.39, 0.29) is 0 Å². The summed E-state index contributed by atoms with van der Waals surface area (Å²) in [6, 6.07) is 34.7. The van der Waals surface area contributed by atoms with E-state index in [1.807, 2.05) is 0 Å². The number of hydrogen-bond donors (Lipinski definition) is 0. The van der Waals surface area contributed by atoms with E-state index in [1.165, 1.54) is 59.8 Å². The summed E-state index contributed by atoms with van der Waals surface area (Å²) in [5.41, 5.74) is 8.99. The molecule has 1 radical (unpaired) electrons. The van der Waals surface area contributed by atoms with E-state index in [1.54, 1.807) is 0 Å². The lowest BCUT2D eigenvalue weighted by Gasteiger charge is -2.15. The SMILES string of the molecule is CC1=CCC(c2c3c(ccc2=C(c2ccccc2)c2ccccc2)=c2ccccc2=[C]3)=C1. The second kappa shape index (κ2) is 7.66. The highest BCUT2D eigenvalue weighted by molar-refractivity contribution is 5.87. The molecule has 0 nitrogen and oxygen atoms in total. The Balaban J connectivity index is 1.81. The van der Waals surface area contributed by atoms with E-state index in [0.29, 0.717) is 0 Å². The molecule has 0 fully saturated rings. The summed E-state index contributed by atoms with van der Waals surface area (Å²) in [4.78, 5) is 0. The third-order valence-corrected chi connectivity index (χ3v) is 6.44. The first-order valence-corrected chi connectivity index (χ1v) is 11.2. The minimum atomic E-state index is 0.962. The molecule has 4 aromatic rings. The minimum absolute atomic E-state index is 0.962. The summed E-state index contributed by atoms with van der Waals surface area (Å²) in [7, 11) is 0. The molecule has 0 atom stereocenters. The Kier molecular flexibility index (Phi) is 4.51. The van der Waals surface area contributed by atoms with Gasteiger partial charge in [0.1, 0.15) is 0 Å². The molecule has 0 aromatic heterocycles. The second-order valence-corrected chi connectivity index (χ2v) is 8.51. The van der Waals surface area contributed by atoms with Crippen molar-refractivity contribution in [2.45, 2.75) is 13.3 Å². The van der Waals surface area contributed by atoms with Crippen LogP contribution in [0.3, 0.4) is 0 Å². The summed E-state index contributed by atoms with van der Waals surface area (Å²) in [5.74, 6) is 0. The Bertz CT molecular complexity index is 1570. The molecule has 2 aliphatic carbocycles. The van der Waals surface area contributed by atoms with Crippen molar-refractivity contribution in [2.75, 3.05) is 0 Å². The van der Waals surface area contributed by atoms with Crippen LogP contribution in [-0.4, -0.2) is 0 Å². The number of allylic oxidation sites excluding steroid dienone is 4. The van der Waals surface area contributed by atoms with Crippen LogP contribution in [-0.2, 0) is 0 Å². The van der Waals surface area contributed by atoms with Gasteiger partial charge in [-0.1, -0.05) is 115 Å². The monoisotopic (exact) mass is 407 g/mol. The molecule has 2 aliphatic rings. The van der Waals surface area contributed by atoms with Gasteiger partial charge in [0.05, 0.1) is 0 Å². The number of fused-ring (bicyclic) bond motifs is 2. The van der Waals surface area contributed by atoms with Gasteiger partial charge in [0.25, 0.3) is 0 Å². The quantitative estimate of drug-likeness (QED) is 0.345. The van der Waals surface area contributed by atoms with Crippen molar-refractivity contribution in [3.63, 3.8) is 0 Å². The van der Waals surface area contributed by atoms with E-state index in [9.17, 15) is 0 Å². The van der Waals surface area contributed by atoms with Crippen LogP contribution in [0.25, 0.3) is 17.2 Å². The standard InChI is InChI=1S/C32H23/c1-22-16-17-26(20-22)32-29(19-18-28-27-15-9-8-14-25(27)21-30(28)32)31(23-10-4-2-5-11-23)24-12-6-3-7-13-24/h2-16,18-20H,17H2,1H3. The molecular weight excluding hydrogens is 384 g/mol. The molecule has 151 valence electrons. The van der Waals surface area contributed by atoms with Crippen LogP contribution in [0.4, 0.5) is 0 Å². The molecule has 0 aliphatic heterocycles. The predicted molar refractivity (Wildman–Crippen MR) is 133 cm³/mol. The first kappa shape index (κ1) is 18.8. The maximum atomic E-state index is 3.76. The van der Waals surface area contributed by atoms with Gasteiger partial charge in [0, 0.05) is 0 Å². The lowest BCUT2D eigenvalue weighted by Crippen LogP contribution is -2.16. The van der Waals surface area contributed by atoms with Crippen LogP contribution in [0.1, 0.15) is 35.6 Å². The molecule has 0 N–H and O–H groups in total. The van der Waals surface area contributed by atoms with Crippen LogP contribution < -0.4 is 10.4 Å². The molecule has 32 heavy (non-hydrogen) atoms. The third kappa shape index (κ3) is 3.08. The van der Waals surface area contributed by atoms with E-state index < -0.39 is 0 Å². The highest BCUT2D eigenvalue weighted by Gasteiger charge is 2.18. The lowest BCUT2D eigenvalue weighted by molar-refractivity contribution is 1.35. The predicted octanol–water partition coefficient (Wildman–Crippen LogP) is 5.97. The van der Waals surface area contributed by atoms with Crippen molar-refractivity contribution in [1.29, 1.82) is 0 Å². The molecule has 0 saturated carbocycles. The fraction of sp³-hybridized carbons (Fsp3) is 0.0625. The van der Waals surface area contributed by atoms with Crippen molar-refractivity contribution >= 4 is 17.2 Å². The van der Waals surface area contributed by atoms with Crippen LogP contribution in [0.5, 0.6) is 0 Å². The highest BCUT2D eigenvalue weighted by atomic mass is 14.2. The smallest absolute Gasteiger partial charge is 0.000731 e. The number of hydrogen-bond acceptors (Lipinski definition) is 0. The summed E-state index contributed by atoms with van der Waals surface area (Å²) < 4.78 is 0. The number of rotatable bonds is 3. The molecular formula is C32H23. The highest BCUT2D eigenvalue weighted by Crippen LogP contribution is 2.31. The normalized spacial score (nSPS) is 13.7. The molecule has 0 amide bonds. The molecule has 4 aromatic carbocycles. The van der Waals surface area contributed by atoms with Gasteiger partial charge < -0.3 is 0 Å². The van der Waals surface area contributed by atoms with Gasteiger partial charge in [-0.25, -0.2) is 0 Å². The minimum Gasteiger partial charge on any atom is -0.0772 e. The Morgan fingerprint density at radius 1 is 0.688 bits per heavy atom. The maximum absolute atomic E-state index is 3.76. The largest absolute Gasteiger partial charge is 0.0772 e. The second-order valence-electron chi connectivity index (χ2n) is 8.51. The van der Waals surface area contributed by atoms with E-state index >= 15 is 0 Å². The van der Waals surface area contributed by atoms with Crippen LogP contribution in [0.2, 0.25) is 0 Å². The fourth-order valence-corrected chi connectivity index (χ4v) is 4.99. The Labute approximate surface area is 188 Å². The Morgan fingerprint density at radius 3 is 2.00 bits per heavy atom. The van der Waals surface area contributed by atoms with Gasteiger partial charge in [-0.3, -0.25) is 0 Å². The summed E-state index contributed by atoms with van der Waals surface area (Å²) in [6.45, 7) is 2.19. The Hall–Kier alpha value is -3.90.